The lowest BCUT2D eigenvalue weighted by molar-refractivity contribution is 0.259. The van der Waals surface area contributed by atoms with Crippen molar-refractivity contribution in [2.75, 3.05) is 20.2 Å². The third kappa shape index (κ3) is 2.69. The molecule has 3 aromatic rings. The predicted octanol–water partition coefficient (Wildman–Crippen LogP) is 2.84. The summed E-state index contributed by atoms with van der Waals surface area (Å²) in [5.74, 6) is 0.315. The van der Waals surface area contributed by atoms with E-state index in [1.165, 1.54) is 22.3 Å². The molecule has 1 aliphatic heterocycles. The van der Waals surface area contributed by atoms with E-state index in [1.807, 2.05) is 13.1 Å². The number of likely N-dealkylation sites (N-methyl/N-ethyl adjacent to an activating group) is 1. The highest BCUT2D eigenvalue weighted by atomic mass is 32.2. The van der Waals surface area contributed by atoms with Gasteiger partial charge >= 0.3 is 0 Å². The molecule has 1 aliphatic rings. The van der Waals surface area contributed by atoms with E-state index in [0.29, 0.717) is 18.7 Å². The van der Waals surface area contributed by atoms with E-state index in [-0.39, 0.29) is 4.90 Å². The number of rotatable bonds is 2. The molecule has 0 spiro atoms. The lowest BCUT2D eigenvalue weighted by Crippen LogP contribution is -2.20. The van der Waals surface area contributed by atoms with Gasteiger partial charge in [-0.05, 0) is 49.5 Å². The zero-order valence-electron chi connectivity index (χ0n) is 13.6. The molecule has 5 nitrogen and oxygen atoms in total. The Labute approximate surface area is 145 Å². The van der Waals surface area contributed by atoms with Gasteiger partial charge in [0, 0.05) is 30.2 Å². The molecule has 2 aromatic carbocycles. The summed E-state index contributed by atoms with van der Waals surface area (Å²) in [5, 5.41) is 0.844. The summed E-state index contributed by atoms with van der Waals surface area (Å²) in [6.45, 7) is 2.10. The minimum atomic E-state index is -3.79. The van der Waals surface area contributed by atoms with Crippen molar-refractivity contribution in [3.63, 3.8) is 0 Å². The summed E-state index contributed by atoms with van der Waals surface area (Å²) in [5.41, 5.74) is 1.56. The minimum absolute atomic E-state index is 0.0507. The summed E-state index contributed by atoms with van der Waals surface area (Å²) in [6, 6.07) is 10.2. The van der Waals surface area contributed by atoms with E-state index in [4.69, 9.17) is 4.74 Å². The Bertz CT molecular complexity index is 1040. The molecule has 25 heavy (non-hydrogen) atoms. The van der Waals surface area contributed by atoms with Crippen LogP contribution in [0.5, 0.6) is 5.75 Å². The zero-order valence-corrected chi connectivity index (χ0v) is 14.5. The van der Waals surface area contributed by atoms with Crippen molar-refractivity contribution in [2.24, 2.45) is 0 Å². The van der Waals surface area contributed by atoms with Crippen LogP contribution >= 0.6 is 0 Å². The first-order chi connectivity index (χ1) is 12.0. The van der Waals surface area contributed by atoms with Gasteiger partial charge in [-0.2, -0.15) is 0 Å². The largest absolute Gasteiger partial charge is 0.492 e. The highest BCUT2D eigenvalue weighted by molar-refractivity contribution is 7.90. The number of benzene rings is 2. The number of ether oxygens (including phenoxy) is 1. The average molecular weight is 360 g/mol. The number of aromatic nitrogens is 1. The molecule has 7 heteroatoms. The van der Waals surface area contributed by atoms with Gasteiger partial charge in [-0.15, -0.1) is 0 Å². The molecule has 0 saturated heterocycles. The normalized spacial score (nSPS) is 15.6. The van der Waals surface area contributed by atoms with E-state index in [1.54, 1.807) is 12.1 Å². The van der Waals surface area contributed by atoms with Crippen LogP contribution in [0.1, 0.15) is 5.56 Å². The Kier molecular flexibility index (Phi) is 3.77. The second-order valence-corrected chi connectivity index (χ2v) is 7.95. The Balaban J connectivity index is 1.88. The third-order valence-electron chi connectivity index (χ3n) is 4.43. The van der Waals surface area contributed by atoms with Crippen LogP contribution in [0.3, 0.4) is 0 Å². The van der Waals surface area contributed by atoms with Crippen LogP contribution in [0.2, 0.25) is 0 Å². The van der Waals surface area contributed by atoms with Crippen molar-refractivity contribution in [3.05, 3.63) is 60.0 Å². The molecular formula is C18H17FN2O3S. The first kappa shape index (κ1) is 16.1. The standard InChI is InChI=1S/C18H17FN2O3S/c1-20-10-11-24-18-7-6-17-15(16(18)12-20)8-9-21(17)25(22,23)14-4-2-13(19)3-5-14/h2-9H,10-12H2,1H3. The lowest BCUT2D eigenvalue weighted by atomic mass is 10.1. The first-order valence-corrected chi connectivity index (χ1v) is 9.36. The predicted molar refractivity (Wildman–Crippen MR) is 92.8 cm³/mol. The number of hydrogen-bond donors (Lipinski definition) is 0. The molecule has 0 radical (unpaired) electrons. The maximum absolute atomic E-state index is 13.1. The fourth-order valence-corrected chi connectivity index (χ4v) is 4.47. The van der Waals surface area contributed by atoms with Gasteiger partial charge in [0.25, 0.3) is 10.0 Å². The highest BCUT2D eigenvalue weighted by Gasteiger charge is 2.22. The molecule has 0 aliphatic carbocycles. The van der Waals surface area contributed by atoms with Crippen molar-refractivity contribution in [3.8, 4) is 5.75 Å². The van der Waals surface area contributed by atoms with Crippen LogP contribution in [-0.2, 0) is 16.6 Å². The SMILES string of the molecule is CN1CCOc2ccc3c(ccn3S(=O)(=O)c3ccc(F)cc3)c2C1. The number of halogens is 1. The van der Waals surface area contributed by atoms with E-state index < -0.39 is 15.8 Å². The first-order valence-electron chi connectivity index (χ1n) is 7.92. The maximum Gasteiger partial charge on any atom is 0.268 e. The van der Waals surface area contributed by atoms with Gasteiger partial charge in [0.1, 0.15) is 18.2 Å². The number of nitrogens with zero attached hydrogens (tertiary/aromatic N) is 2. The van der Waals surface area contributed by atoms with Gasteiger partial charge in [-0.25, -0.2) is 16.8 Å². The summed E-state index contributed by atoms with van der Waals surface area (Å²) < 4.78 is 46.0. The molecular weight excluding hydrogens is 343 g/mol. The Morgan fingerprint density at radius 2 is 1.84 bits per heavy atom. The van der Waals surface area contributed by atoms with Crippen LogP contribution in [0.15, 0.2) is 53.6 Å². The van der Waals surface area contributed by atoms with Gasteiger partial charge < -0.3 is 4.74 Å². The highest BCUT2D eigenvalue weighted by Crippen LogP contribution is 2.33. The van der Waals surface area contributed by atoms with Crippen molar-refractivity contribution < 1.29 is 17.5 Å². The van der Waals surface area contributed by atoms with E-state index >= 15 is 0 Å². The smallest absolute Gasteiger partial charge is 0.268 e. The Hall–Kier alpha value is -2.38. The van der Waals surface area contributed by atoms with Gasteiger partial charge in [0.15, 0.2) is 0 Å². The monoisotopic (exact) mass is 360 g/mol. The fraction of sp³-hybridized carbons (Fsp3) is 0.222. The fourth-order valence-electron chi connectivity index (χ4n) is 3.12. The molecule has 2 heterocycles. The number of fused-ring (bicyclic) bond motifs is 3. The molecule has 4 rings (SSSR count). The third-order valence-corrected chi connectivity index (χ3v) is 6.14. The number of hydrogen-bond acceptors (Lipinski definition) is 4. The van der Waals surface area contributed by atoms with Crippen LogP contribution in [-0.4, -0.2) is 37.5 Å². The van der Waals surface area contributed by atoms with Gasteiger partial charge in [-0.3, -0.25) is 4.90 Å². The molecule has 1 aromatic heterocycles. The lowest BCUT2D eigenvalue weighted by Gasteiger charge is -2.13. The summed E-state index contributed by atoms with van der Waals surface area (Å²) in [4.78, 5) is 2.19. The second-order valence-electron chi connectivity index (χ2n) is 6.13. The average Bonchev–Trinajstić information content (AvgIpc) is 2.93. The van der Waals surface area contributed by atoms with Gasteiger partial charge in [0.2, 0.25) is 0 Å². The molecule has 0 unspecified atom stereocenters. The molecule has 0 fully saturated rings. The summed E-state index contributed by atoms with van der Waals surface area (Å²) in [7, 11) is -1.79. The van der Waals surface area contributed by atoms with Crippen molar-refractivity contribution in [2.45, 2.75) is 11.4 Å². The zero-order chi connectivity index (χ0) is 17.6. The molecule has 0 atom stereocenters. The van der Waals surface area contributed by atoms with E-state index in [9.17, 15) is 12.8 Å². The van der Waals surface area contributed by atoms with Crippen molar-refractivity contribution in [1.82, 2.24) is 8.87 Å². The molecule has 0 amide bonds. The molecule has 0 bridgehead atoms. The quantitative estimate of drug-likeness (QED) is 0.705. The molecule has 130 valence electrons. The summed E-state index contributed by atoms with van der Waals surface area (Å²) in [6.07, 6.45) is 1.54. The van der Waals surface area contributed by atoms with Crippen molar-refractivity contribution in [1.29, 1.82) is 0 Å². The van der Waals surface area contributed by atoms with Crippen LogP contribution in [0.25, 0.3) is 10.9 Å². The second kappa shape index (κ2) is 5.86. The minimum Gasteiger partial charge on any atom is -0.492 e. The van der Waals surface area contributed by atoms with E-state index in [0.717, 1.165) is 35.4 Å². The molecule has 0 saturated carbocycles. The Morgan fingerprint density at radius 1 is 1.08 bits per heavy atom. The van der Waals surface area contributed by atoms with Gasteiger partial charge in [-0.1, -0.05) is 0 Å². The summed E-state index contributed by atoms with van der Waals surface area (Å²) >= 11 is 0. The topological polar surface area (TPSA) is 51.5 Å². The van der Waals surface area contributed by atoms with Crippen LogP contribution in [0.4, 0.5) is 4.39 Å². The van der Waals surface area contributed by atoms with Crippen molar-refractivity contribution >= 4 is 20.9 Å². The van der Waals surface area contributed by atoms with Crippen LogP contribution < -0.4 is 4.74 Å². The molecule has 0 N–H and O–H groups in total. The van der Waals surface area contributed by atoms with Gasteiger partial charge in [0.05, 0.1) is 10.4 Å². The maximum atomic E-state index is 13.1. The Morgan fingerprint density at radius 3 is 2.60 bits per heavy atom. The van der Waals surface area contributed by atoms with E-state index in [2.05, 4.69) is 4.90 Å². The van der Waals surface area contributed by atoms with Crippen LogP contribution in [0, 0.1) is 5.82 Å².